The van der Waals surface area contributed by atoms with E-state index in [2.05, 4.69) is 10.6 Å². The third-order valence-corrected chi connectivity index (χ3v) is 4.36. The molecule has 4 N–H and O–H groups in total. The summed E-state index contributed by atoms with van der Waals surface area (Å²) in [5, 5.41) is 5.60. The highest BCUT2D eigenvalue weighted by Gasteiger charge is 2.26. The molecular formula is C18H30ClN3O2. The lowest BCUT2D eigenvalue weighted by molar-refractivity contribution is -0.127. The normalized spacial score (nSPS) is 10.7. The average molecular weight is 356 g/mol. The van der Waals surface area contributed by atoms with Crippen molar-refractivity contribution in [2.24, 2.45) is 5.73 Å². The van der Waals surface area contributed by atoms with E-state index in [0.29, 0.717) is 19.4 Å². The zero-order chi connectivity index (χ0) is 17.3. The van der Waals surface area contributed by atoms with Crippen LogP contribution >= 0.6 is 12.4 Å². The van der Waals surface area contributed by atoms with Crippen LogP contribution in [0.15, 0.2) is 24.3 Å². The summed E-state index contributed by atoms with van der Waals surface area (Å²) >= 11 is 0. The van der Waals surface area contributed by atoms with Gasteiger partial charge in [-0.2, -0.15) is 0 Å². The molecule has 0 saturated carbocycles. The predicted molar refractivity (Wildman–Crippen MR) is 100 cm³/mol. The molecule has 0 radical (unpaired) electrons. The Balaban J connectivity index is 0.00000529. The molecule has 0 aliphatic rings. The minimum atomic E-state index is -0.371. The monoisotopic (exact) mass is 355 g/mol. The Labute approximate surface area is 151 Å². The van der Waals surface area contributed by atoms with Crippen molar-refractivity contribution in [1.29, 1.82) is 0 Å². The van der Waals surface area contributed by atoms with Gasteiger partial charge in [-0.05, 0) is 31.7 Å². The molecule has 24 heavy (non-hydrogen) atoms. The quantitative estimate of drug-likeness (QED) is 0.634. The molecule has 0 atom stereocenters. The van der Waals surface area contributed by atoms with Gasteiger partial charge in [0.25, 0.3) is 0 Å². The number of halogens is 1. The molecule has 0 aliphatic carbocycles. The van der Waals surface area contributed by atoms with Crippen LogP contribution in [0.4, 0.5) is 0 Å². The number of carbonyl (C=O) groups is 2. The highest BCUT2D eigenvalue weighted by Crippen LogP contribution is 2.12. The number of aryl methyl sites for hydroxylation is 2. The molecule has 0 unspecified atom stereocenters. The average Bonchev–Trinajstić information content (AvgIpc) is 2.57. The van der Waals surface area contributed by atoms with Crippen LogP contribution in [0.2, 0.25) is 0 Å². The molecule has 0 spiro atoms. The van der Waals surface area contributed by atoms with Gasteiger partial charge in [0.15, 0.2) is 0 Å². The first-order valence-corrected chi connectivity index (χ1v) is 8.28. The number of hydrogen-bond acceptors (Lipinski definition) is 3. The zero-order valence-corrected chi connectivity index (χ0v) is 15.7. The molecule has 0 aliphatic heterocycles. The molecule has 1 rings (SSSR count). The standard InChI is InChI=1S/C18H29N3O2.ClH/c1-4-18(5-2,13-19)21-17(23)12-20-16(22)11-10-15-8-6-14(3)7-9-15;/h6-9H,4-5,10-13,19H2,1-3H3,(H,20,22)(H,21,23);1H. The fourth-order valence-electron chi connectivity index (χ4n) is 2.39. The summed E-state index contributed by atoms with van der Waals surface area (Å²) in [5.74, 6) is -0.310. The van der Waals surface area contributed by atoms with Gasteiger partial charge >= 0.3 is 0 Å². The van der Waals surface area contributed by atoms with Crippen LogP contribution in [0.1, 0.15) is 44.2 Å². The maximum Gasteiger partial charge on any atom is 0.239 e. The lowest BCUT2D eigenvalue weighted by Crippen LogP contribution is -2.55. The summed E-state index contributed by atoms with van der Waals surface area (Å²) in [5.41, 5.74) is 7.70. The third kappa shape index (κ3) is 7.32. The molecule has 1 aromatic rings. The number of amides is 2. The summed E-state index contributed by atoms with van der Waals surface area (Å²) in [6.07, 6.45) is 2.59. The van der Waals surface area contributed by atoms with E-state index in [9.17, 15) is 9.59 Å². The molecule has 0 aromatic heterocycles. The van der Waals surface area contributed by atoms with Gasteiger partial charge in [0.05, 0.1) is 12.1 Å². The van der Waals surface area contributed by atoms with Crippen LogP contribution in [0.25, 0.3) is 0 Å². The van der Waals surface area contributed by atoms with Gasteiger partial charge in [0, 0.05) is 13.0 Å². The summed E-state index contributed by atoms with van der Waals surface area (Å²) in [7, 11) is 0. The topological polar surface area (TPSA) is 84.2 Å². The number of rotatable bonds is 9. The van der Waals surface area contributed by atoms with Gasteiger partial charge in [-0.25, -0.2) is 0 Å². The van der Waals surface area contributed by atoms with Gasteiger partial charge in [-0.1, -0.05) is 43.7 Å². The first-order chi connectivity index (χ1) is 10.9. The number of carbonyl (C=O) groups excluding carboxylic acids is 2. The number of benzene rings is 1. The second kappa shape index (κ2) is 11.0. The van der Waals surface area contributed by atoms with Crippen molar-refractivity contribution >= 4 is 24.2 Å². The van der Waals surface area contributed by atoms with E-state index in [1.165, 1.54) is 5.56 Å². The molecule has 136 valence electrons. The molecule has 0 bridgehead atoms. The summed E-state index contributed by atoms with van der Waals surface area (Å²) < 4.78 is 0. The number of nitrogens with two attached hydrogens (primary N) is 1. The summed E-state index contributed by atoms with van der Waals surface area (Å²) in [6, 6.07) is 8.10. The Hall–Kier alpha value is -1.59. The van der Waals surface area contributed by atoms with Crippen molar-refractivity contribution in [3.8, 4) is 0 Å². The number of hydrogen-bond donors (Lipinski definition) is 3. The minimum absolute atomic E-state index is 0. The van der Waals surface area contributed by atoms with Crippen molar-refractivity contribution in [2.75, 3.05) is 13.1 Å². The van der Waals surface area contributed by atoms with E-state index in [0.717, 1.165) is 18.4 Å². The van der Waals surface area contributed by atoms with Gasteiger partial charge in [0.1, 0.15) is 0 Å². The van der Waals surface area contributed by atoms with Crippen LogP contribution in [0, 0.1) is 6.92 Å². The number of nitrogens with one attached hydrogen (secondary N) is 2. The molecule has 1 aromatic carbocycles. The highest BCUT2D eigenvalue weighted by atomic mass is 35.5. The van der Waals surface area contributed by atoms with Crippen molar-refractivity contribution in [2.45, 2.75) is 52.0 Å². The van der Waals surface area contributed by atoms with Crippen LogP contribution in [-0.4, -0.2) is 30.4 Å². The lowest BCUT2D eigenvalue weighted by atomic mass is 9.93. The maximum absolute atomic E-state index is 12.0. The highest BCUT2D eigenvalue weighted by molar-refractivity contribution is 5.85. The Bertz CT molecular complexity index is 505. The van der Waals surface area contributed by atoms with E-state index in [-0.39, 0.29) is 36.3 Å². The Morgan fingerprint density at radius 2 is 1.67 bits per heavy atom. The van der Waals surface area contributed by atoms with E-state index in [1.807, 2.05) is 45.0 Å². The third-order valence-electron chi connectivity index (χ3n) is 4.36. The summed E-state index contributed by atoms with van der Waals surface area (Å²) in [6.45, 7) is 6.41. The van der Waals surface area contributed by atoms with Crippen LogP contribution in [-0.2, 0) is 16.0 Å². The van der Waals surface area contributed by atoms with Crippen molar-refractivity contribution in [3.63, 3.8) is 0 Å². The predicted octanol–water partition coefficient (Wildman–Crippen LogP) is 2.10. The molecule has 5 nitrogen and oxygen atoms in total. The van der Waals surface area contributed by atoms with Crippen LogP contribution < -0.4 is 16.4 Å². The first-order valence-electron chi connectivity index (χ1n) is 8.28. The van der Waals surface area contributed by atoms with Gasteiger partial charge < -0.3 is 16.4 Å². The van der Waals surface area contributed by atoms with Crippen molar-refractivity contribution in [1.82, 2.24) is 10.6 Å². The fourth-order valence-corrected chi connectivity index (χ4v) is 2.39. The lowest BCUT2D eigenvalue weighted by Gasteiger charge is -2.31. The second-order valence-electron chi connectivity index (χ2n) is 6.00. The van der Waals surface area contributed by atoms with Gasteiger partial charge in [-0.3, -0.25) is 9.59 Å². The fraction of sp³-hybridized carbons (Fsp3) is 0.556. The zero-order valence-electron chi connectivity index (χ0n) is 14.9. The first kappa shape index (κ1) is 22.4. The molecule has 2 amide bonds. The molecule has 6 heteroatoms. The molecule has 0 fully saturated rings. The van der Waals surface area contributed by atoms with E-state index < -0.39 is 0 Å². The van der Waals surface area contributed by atoms with Crippen LogP contribution in [0.3, 0.4) is 0 Å². The second-order valence-corrected chi connectivity index (χ2v) is 6.00. The van der Waals surface area contributed by atoms with Crippen LogP contribution in [0.5, 0.6) is 0 Å². The van der Waals surface area contributed by atoms with Crippen molar-refractivity contribution in [3.05, 3.63) is 35.4 Å². The minimum Gasteiger partial charge on any atom is -0.348 e. The van der Waals surface area contributed by atoms with E-state index in [1.54, 1.807) is 0 Å². The largest absolute Gasteiger partial charge is 0.348 e. The molecule has 0 heterocycles. The Morgan fingerprint density at radius 1 is 1.08 bits per heavy atom. The van der Waals surface area contributed by atoms with Gasteiger partial charge in [0.2, 0.25) is 11.8 Å². The summed E-state index contributed by atoms with van der Waals surface area (Å²) in [4.78, 5) is 23.8. The molecular weight excluding hydrogens is 326 g/mol. The SMILES string of the molecule is CCC(CC)(CN)NC(=O)CNC(=O)CCc1ccc(C)cc1.Cl. The Morgan fingerprint density at radius 3 is 2.17 bits per heavy atom. The molecule has 0 saturated heterocycles. The van der Waals surface area contributed by atoms with Crippen molar-refractivity contribution < 1.29 is 9.59 Å². The van der Waals surface area contributed by atoms with E-state index >= 15 is 0 Å². The van der Waals surface area contributed by atoms with Gasteiger partial charge in [-0.15, -0.1) is 12.4 Å². The smallest absolute Gasteiger partial charge is 0.239 e. The maximum atomic E-state index is 12.0. The van der Waals surface area contributed by atoms with E-state index in [4.69, 9.17) is 5.73 Å². The Kier molecular flexibility index (Phi) is 10.3.